The molecule has 0 aliphatic carbocycles. The molecule has 0 saturated heterocycles. The average molecular weight is 374 g/mol. The van der Waals surface area contributed by atoms with Crippen molar-refractivity contribution in [2.24, 2.45) is 0 Å². The van der Waals surface area contributed by atoms with E-state index in [1.165, 1.54) is 16.9 Å². The fraction of sp³-hybridized carbons (Fsp3) is 0.286. The standard InChI is InChI=1S/C14H16BrNO2S2/c1-9(2)11-4-6-12(7-5-11)16-20(17,18)13-8-10(3)14(15)19-13/h4-9,16H,1-3H3. The van der Waals surface area contributed by atoms with Crippen LogP contribution in [0.3, 0.4) is 0 Å². The topological polar surface area (TPSA) is 46.2 Å². The van der Waals surface area contributed by atoms with Crippen molar-refractivity contribution in [3.63, 3.8) is 0 Å². The largest absolute Gasteiger partial charge is 0.279 e. The maximum absolute atomic E-state index is 12.3. The number of benzene rings is 1. The Morgan fingerprint density at radius 3 is 2.25 bits per heavy atom. The number of hydrogen-bond donors (Lipinski definition) is 1. The van der Waals surface area contributed by atoms with Crippen LogP contribution in [0.2, 0.25) is 0 Å². The van der Waals surface area contributed by atoms with Crippen molar-refractivity contribution in [2.45, 2.75) is 30.9 Å². The number of hydrogen-bond acceptors (Lipinski definition) is 3. The average Bonchev–Trinajstić information content (AvgIpc) is 2.71. The third kappa shape index (κ3) is 3.42. The molecule has 0 fully saturated rings. The number of aryl methyl sites for hydroxylation is 1. The number of anilines is 1. The Labute approximate surface area is 132 Å². The molecule has 0 saturated carbocycles. The molecule has 20 heavy (non-hydrogen) atoms. The van der Waals surface area contributed by atoms with Gasteiger partial charge in [-0.05, 0) is 58.1 Å². The lowest BCUT2D eigenvalue weighted by atomic mass is 10.0. The van der Waals surface area contributed by atoms with Crippen molar-refractivity contribution in [1.29, 1.82) is 0 Å². The van der Waals surface area contributed by atoms with E-state index in [9.17, 15) is 8.42 Å². The quantitative estimate of drug-likeness (QED) is 0.840. The smallest absolute Gasteiger partial charge is 0.271 e. The molecule has 2 rings (SSSR count). The maximum atomic E-state index is 12.3. The van der Waals surface area contributed by atoms with Crippen molar-refractivity contribution < 1.29 is 8.42 Å². The lowest BCUT2D eigenvalue weighted by Gasteiger charge is -2.09. The van der Waals surface area contributed by atoms with Crippen LogP contribution in [0.25, 0.3) is 0 Å². The van der Waals surface area contributed by atoms with Crippen molar-refractivity contribution in [3.05, 3.63) is 45.2 Å². The third-order valence-corrected chi connectivity index (χ3v) is 6.92. The molecule has 1 N–H and O–H groups in total. The summed E-state index contributed by atoms with van der Waals surface area (Å²) in [4.78, 5) is 0. The van der Waals surface area contributed by atoms with Crippen LogP contribution in [0.4, 0.5) is 5.69 Å². The van der Waals surface area contributed by atoms with E-state index in [1.807, 2.05) is 19.1 Å². The summed E-state index contributed by atoms with van der Waals surface area (Å²) >= 11 is 4.56. The molecule has 0 atom stereocenters. The van der Waals surface area contributed by atoms with E-state index in [0.717, 1.165) is 9.35 Å². The van der Waals surface area contributed by atoms with Crippen LogP contribution in [0, 0.1) is 6.92 Å². The van der Waals surface area contributed by atoms with E-state index < -0.39 is 10.0 Å². The van der Waals surface area contributed by atoms with E-state index in [2.05, 4.69) is 34.5 Å². The Kier molecular flexibility index (Phi) is 4.56. The van der Waals surface area contributed by atoms with E-state index in [0.29, 0.717) is 15.8 Å². The van der Waals surface area contributed by atoms with Gasteiger partial charge in [0.15, 0.2) is 0 Å². The minimum Gasteiger partial charge on any atom is -0.279 e. The molecule has 1 aromatic heterocycles. The second kappa shape index (κ2) is 5.87. The van der Waals surface area contributed by atoms with E-state index in [-0.39, 0.29) is 0 Å². The van der Waals surface area contributed by atoms with Crippen molar-refractivity contribution in [1.82, 2.24) is 0 Å². The monoisotopic (exact) mass is 373 g/mol. The summed E-state index contributed by atoms with van der Waals surface area (Å²) in [6.45, 7) is 6.08. The van der Waals surface area contributed by atoms with Crippen LogP contribution < -0.4 is 4.72 Å². The van der Waals surface area contributed by atoms with Crippen molar-refractivity contribution in [3.8, 4) is 0 Å². The summed E-state index contributed by atoms with van der Waals surface area (Å²) in [5.74, 6) is 0.427. The fourth-order valence-corrected chi connectivity index (χ4v) is 4.99. The first kappa shape index (κ1) is 15.5. The van der Waals surface area contributed by atoms with Gasteiger partial charge in [-0.25, -0.2) is 8.42 Å². The maximum Gasteiger partial charge on any atom is 0.271 e. The zero-order valence-corrected chi connectivity index (χ0v) is 14.7. The molecule has 3 nitrogen and oxygen atoms in total. The van der Waals surface area contributed by atoms with Gasteiger partial charge in [0.1, 0.15) is 4.21 Å². The first-order chi connectivity index (χ1) is 9.29. The Bertz CT molecular complexity index is 684. The molecule has 1 heterocycles. The number of sulfonamides is 1. The highest BCUT2D eigenvalue weighted by Gasteiger charge is 2.18. The molecule has 0 radical (unpaired) electrons. The summed E-state index contributed by atoms with van der Waals surface area (Å²) in [5, 5.41) is 0. The van der Waals surface area contributed by atoms with Gasteiger partial charge in [0.2, 0.25) is 0 Å². The third-order valence-electron chi connectivity index (χ3n) is 2.93. The van der Waals surface area contributed by atoms with Gasteiger partial charge < -0.3 is 0 Å². The van der Waals surface area contributed by atoms with Gasteiger partial charge in [-0.1, -0.05) is 26.0 Å². The summed E-state index contributed by atoms with van der Waals surface area (Å²) in [6, 6.07) is 9.14. The molecule has 0 unspecified atom stereocenters. The number of rotatable bonds is 4. The highest BCUT2D eigenvalue weighted by atomic mass is 79.9. The molecule has 108 valence electrons. The van der Waals surface area contributed by atoms with Crippen molar-refractivity contribution >= 4 is 43.0 Å². The second-order valence-corrected chi connectivity index (χ2v) is 9.18. The molecular formula is C14H16BrNO2S2. The van der Waals surface area contributed by atoms with Gasteiger partial charge in [0.25, 0.3) is 10.0 Å². The highest BCUT2D eigenvalue weighted by molar-refractivity contribution is 9.11. The van der Waals surface area contributed by atoms with Gasteiger partial charge in [-0.2, -0.15) is 0 Å². The molecule has 2 aromatic rings. The van der Waals surface area contributed by atoms with Gasteiger partial charge in [-0.3, -0.25) is 4.72 Å². The first-order valence-electron chi connectivity index (χ1n) is 6.18. The van der Waals surface area contributed by atoms with Gasteiger partial charge in [0, 0.05) is 5.69 Å². The minimum absolute atomic E-state index is 0.315. The Morgan fingerprint density at radius 1 is 1.20 bits per heavy atom. The van der Waals surface area contributed by atoms with Crippen LogP contribution in [0.1, 0.15) is 30.9 Å². The molecule has 0 amide bonds. The van der Waals surface area contributed by atoms with E-state index in [1.54, 1.807) is 18.2 Å². The normalized spacial score (nSPS) is 11.8. The summed E-state index contributed by atoms with van der Waals surface area (Å²) in [7, 11) is -3.51. The predicted molar refractivity (Wildman–Crippen MR) is 88.1 cm³/mol. The van der Waals surface area contributed by atoms with Crippen LogP contribution in [-0.4, -0.2) is 8.42 Å². The SMILES string of the molecule is Cc1cc(S(=O)(=O)Nc2ccc(C(C)C)cc2)sc1Br. The first-order valence-corrected chi connectivity index (χ1v) is 9.27. The zero-order chi connectivity index (χ0) is 14.9. The summed E-state index contributed by atoms with van der Waals surface area (Å²) in [5.41, 5.74) is 2.68. The Hall–Kier alpha value is -0.850. The van der Waals surface area contributed by atoms with E-state index >= 15 is 0 Å². The van der Waals surface area contributed by atoms with Crippen LogP contribution in [0.5, 0.6) is 0 Å². The number of thiophene rings is 1. The predicted octanol–water partition coefficient (Wildman–Crippen LogP) is 4.74. The highest BCUT2D eigenvalue weighted by Crippen LogP contribution is 2.31. The van der Waals surface area contributed by atoms with Gasteiger partial charge in [-0.15, -0.1) is 11.3 Å². The van der Waals surface area contributed by atoms with E-state index in [4.69, 9.17) is 0 Å². The summed E-state index contributed by atoms with van der Waals surface area (Å²) in [6.07, 6.45) is 0. The Balaban J connectivity index is 2.24. The molecule has 0 bridgehead atoms. The Morgan fingerprint density at radius 2 is 1.80 bits per heavy atom. The number of halogens is 1. The second-order valence-electron chi connectivity index (χ2n) is 4.90. The minimum atomic E-state index is -3.51. The zero-order valence-electron chi connectivity index (χ0n) is 11.5. The van der Waals surface area contributed by atoms with Crippen molar-refractivity contribution in [2.75, 3.05) is 4.72 Å². The molecule has 0 spiro atoms. The molecular weight excluding hydrogens is 358 g/mol. The lowest BCUT2D eigenvalue weighted by Crippen LogP contribution is -2.11. The van der Waals surface area contributed by atoms with Crippen LogP contribution >= 0.6 is 27.3 Å². The molecule has 1 aromatic carbocycles. The van der Waals surface area contributed by atoms with Crippen LogP contribution in [-0.2, 0) is 10.0 Å². The molecule has 0 aliphatic heterocycles. The number of nitrogens with one attached hydrogen (secondary N) is 1. The summed E-state index contributed by atoms with van der Waals surface area (Å²) < 4.78 is 28.3. The lowest BCUT2D eigenvalue weighted by molar-refractivity contribution is 0.603. The van der Waals surface area contributed by atoms with Gasteiger partial charge >= 0.3 is 0 Å². The van der Waals surface area contributed by atoms with Crippen LogP contribution in [0.15, 0.2) is 38.3 Å². The molecule has 6 heteroatoms. The van der Waals surface area contributed by atoms with Gasteiger partial charge in [0.05, 0.1) is 3.79 Å². The fourth-order valence-electron chi connectivity index (χ4n) is 1.71. The molecule has 0 aliphatic rings.